The van der Waals surface area contributed by atoms with E-state index in [2.05, 4.69) is 25.4 Å². The molecule has 3 heterocycles. The molecule has 0 amide bonds. The molecule has 2 aromatic heterocycles. The number of nitroso groups, excluding NO2 is 1. The topological polar surface area (TPSA) is 103 Å². The molecule has 4 rings (SSSR count). The van der Waals surface area contributed by atoms with E-state index in [-0.39, 0.29) is 34.8 Å². The molecule has 1 aliphatic rings. The van der Waals surface area contributed by atoms with Crippen LogP contribution in [-0.2, 0) is 12.4 Å². The van der Waals surface area contributed by atoms with Crippen LogP contribution in [0.25, 0.3) is 10.9 Å². The van der Waals surface area contributed by atoms with Crippen molar-refractivity contribution in [2.45, 2.75) is 31.2 Å². The van der Waals surface area contributed by atoms with E-state index in [1.165, 1.54) is 12.3 Å². The van der Waals surface area contributed by atoms with Crippen LogP contribution >= 0.6 is 0 Å². The molecule has 14 heteroatoms. The summed E-state index contributed by atoms with van der Waals surface area (Å²) in [5.41, 5.74) is -4.13. The van der Waals surface area contributed by atoms with Crippen molar-refractivity contribution >= 4 is 28.4 Å². The van der Waals surface area contributed by atoms with Crippen molar-refractivity contribution in [2.24, 2.45) is 5.18 Å². The van der Waals surface area contributed by atoms with Crippen LogP contribution in [0, 0.1) is 4.91 Å². The summed E-state index contributed by atoms with van der Waals surface area (Å²) in [6.07, 6.45) is -7.92. The third-order valence-corrected chi connectivity index (χ3v) is 5.35. The van der Waals surface area contributed by atoms with Gasteiger partial charge in [0.25, 0.3) is 5.56 Å². The number of nitrogens with zero attached hydrogens (tertiary/aromatic N) is 4. The van der Waals surface area contributed by atoms with Crippen LogP contribution in [0.3, 0.4) is 0 Å². The first kappa shape index (κ1) is 23.4. The van der Waals surface area contributed by atoms with Gasteiger partial charge in [0, 0.05) is 25.0 Å². The van der Waals surface area contributed by atoms with Crippen molar-refractivity contribution in [3.8, 4) is 0 Å². The van der Waals surface area contributed by atoms with E-state index in [0.717, 1.165) is 0 Å². The summed E-state index contributed by atoms with van der Waals surface area (Å²) in [7, 11) is 0. The molecule has 1 saturated heterocycles. The normalized spacial score (nSPS) is 15.5. The SMILES string of the molecule is O=NC1CCN(c2nc(Nc3cc(C(F)(F)F)cc(C(F)(F)F)c3)c3c(=O)[nH]ccc3n2)CC1. The van der Waals surface area contributed by atoms with Gasteiger partial charge in [-0.1, -0.05) is 5.18 Å². The Kier molecular flexibility index (Phi) is 5.91. The molecule has 0 atom stereocenters. The lowest BCUT2D eigenvalue weighted by Crippen LogP contribution is -2.36. The van der Waals surface area contributed by atoms with E-state index in [4.69, 9.17) is 0 Å². The lowest BCUT2D eigenvalue weighted by atomic mass is 10.1. The van der Waals surface area contributed by atoms with Gasteiger partial charge in [-0.15, -0.1) is 0 Å². The van der Waals surface area contributed by atoms with Crippen LogP contribution in [0.1, 0.15) is 24.0 Å². The van der Waals surface area contributed by atoms with Gasteiger partial charge >= 0.3 is 12.4 Å². The molecule has 1 aliphatic heterocycles. The molecule has 0 aliphatic carbocycles. The summed E-state index contributed by atoms with van der Waals surface area (Å²) in [6.45, 7) is 0.707. The predicted octanol–water partition coefficient (Wildman–Crippen LogP) is 4.83. The van der Waals surface area contributed by atoms with Gasteiger partial charge in [0.2, 0.25) is 5.95 Å². The minimum Gasteiger partial charge on any atom is -0.341 e. The predicted molar refractivity (Wildman–Crippen MR) is 111 cm³/mol. The molecular weight excluding hydrogens is 470 g/mol. The van der Waals surface area contributed by atoms with E-state index in [1.54, 1.807) is 4.90 Å². The lowest BCUT2D eigenvalue weighted by Gasteiger charge is -2.29. The minimum absolute atomic E-state index is 0.00667. The van der Waals surface area contributed by atoms with E-state index in [0.29, 0.717) is 38.1 Å². The number of hydrogen-bond donors (Lipinski definition) is 2. The van der Waals surface area contributed by atoms with E-state index in [1.807, 2.05) is 0 Å². The molecule has 1 aromatic carbocycles. The van der Waals surface area contributed by atoms with Crippen LogP contribution in [-0.4, -0.2) is 34.1 Å². The summed E-state index contributed by atoms with van der Waals surface area (Å²) in [4.78, 5) is 35.8. The second-order valence-electron chi connectivity index (χ2n) is 7.68. The number of aromatic nitrogens is 3. The molecular formula is C20H16F6N6O2. The average molecular weight is 486 g/mol. The van der Waals surface area contributed by atoms with Crippen LogP contribution in [0.4, 0.5) is 43.8 Å². The fourth-order valence-corrected chi connectivity index (χ4v) is 3.65. The number of halogens is 6. The van der Waals surface area contributed by atoms with Gasteiger partial charge in [-0.3, -0.25) is 4.79 Å². The van der Waals surface area contributed by atoms with Crippen molar-refractivity contribution in [1.82, 2.24) is 15.0 Å². The van der Waals surface area contributed by atoms with Gasteiger partial charge in [0.1, 0.15) is 11.2 Å². The summed E-state index contributed by atoms with van der Waals surface area (Å²) >= 11 is 0. The molecule has 0 radical (unpaired) electrons. The lowest BCUT2D eigenvalue weighted by molar-refractivity contribution is -0.143. The maximum Gasteiger partial charge on any atom is 0.416 e. The number of pyridine rings is 1. The van der Waals surface area contributed by atoms with Crippen molar-refractivity contribution in [2.75, 3.05) is 23.3 Å². The minimum atomic E-state index is -5.04. The number of H-pyrrole nitrogens is 1. The second kappa shape index (κ2) is 8.57. The Labute approximate surface area is 187 Å². The zero-order chi connectivity index (χ0) is 24.7. The Morgan fingerprint density at radius 1 is 1.00 bits per heavy atom. The fourth-order valence-electron chi connectivity index (χ4n) is 3.65. The average Bonchev–Trinajstić information content (AvgIpc) is 2.77. The van der Waals surface area contributed by atoms with E-state index < -0.39 is 34.7 Å². The monoisotopic (exact) mass is 486 g/mol. The van der Waals surface area contributed by atoms with Crippen LogP contribution in [0.2, 0.25) is 0 Å². The van der Waals surface area contributed by atoms with Gasteiger partial charge in [-0.2, -0.15) is 36.2 Å². The number of anilines is 3. The number of aromatic amines is 1. The van der Waals surface area contributed by atoms with Crippen molar-refractivity contribution in [3.05, 3.63) is 56.9 Å². The molecule has 8 nitrogen and oxygen atoms in total. The number of benzene rings is 1. The summed E-state index contributed by atoms with van der Waals surface area (Å²) in [6, 6.07) is 2.07. The van der Waals surface area contributed by atoms with Crippen LogP contribution < -0.4 is 15.8 Å². The van der Waals surface area contributed by atoms with Crippen molar-refractivity contribution < 1.29 is 26.3 Å². The second-order valence-corrected chi connectivity index (χ2v) is 7.68. The van der Waals surface area contributed by atoms with Gasteiger partial charge in [0.15, 0.2) is 0 Å². The van der Waals surface area contributed by atoms with Crippen LogP contribution in [0.5, 0.6) is 0 Å². The number of nitrogens with one attached hydrogen (secondary N) is 2. The van der Waals surface area contributed by atoms with Crippen LogP contribution in [0.15, 0.2) is 40.4 Å². The van der Waals surface area contributed by atoms with Crippen molar-refractivity contribution in [1.29, 1.82) is 0 Å². The first-order chi connectivity index (χ1) is 16.0. The standard InChI is InChI=1S/C20H16F6N6O2/c21-19(22,23)10-7-11(20(24,25)26)9-13(8-10)28-16-15-14(1-4-27-17(15)33)29-18(30-16)32-5-2-12(31-34)3-6-32/h1,4,7-9,12H,2-3,5-6H2,(H,27,33)(H,28,29,30). The van der Waals surface area contributed by atoms with Gasteiger partial charge in [0.05, 0.1) is 22.7 Å². The number of fused-ring (bicyclic) bond motifs is 1. The highest BCUT2D eigenvalue weighted by molar-refractivity contribution is 5.91. The molecule has 34 heavy (non-hydrogen) atoms. The third-order valence-electron chi connectivity index (χ3n) is 5.35. The highest BCUT2D eigenvalue weighted by Crippen LogP contribution is 2.38. The maximum atomic E-state index is 13.2. The Morgan fingerprint density at radius 3 is 2.18 bits per heavy atom. The Bertz CT molecular complexity index is 1250. The maximum absolute atomic E-state index is 13.2. The number of piperidine rings is 1. The Morgan fingerprint density at radius 2 is 1.62 bits per heavy atom. The third kappa shape index (κ3) is 4.79. The summed E-state index contributed by atoms with van der Waals surface area (Å²) in [5.74, 6) is -0.155. The van der Waals surface area contributed by atoms with E-state index >= 15 is 0 Å². The molecule has 0 bridgehead atoms. The number of hydrogen-bond acceptors (Lipinski definition) is 7. The molecule has 0 spiro atoms. The molecule has 0 unspecified atom stereocenters. The summed E-state index contributed by atoms with van der Waals surface area (Å²) in [5, 5.41) is 5.32. The molecule has 1 fully saturated rings. The fraction of sp³-hybridized carbons (Fsp3) is 0.350. The number of rotatable bonds is 4. The molecule has 0 saturated carbocycles. The Balaban J connectivity index is 1.81. The number of alkyl halides is 6. The Hall–Kier alpha value is -3.71. The largest absolute Gasteiger partial charge is 0.416 e. The zero-order valence-corrected chi connectivity index (χ0v) is 17.2. The van der Waals surface area contributed by atoms with Gasteiger partial charge in [-0.05, 0) is 37.1 Å². The highest BCUT2D eigenvalue weighted by Gasteiger charge is 2.37. The van der Waals surface area contributed by atoms with E-state index in [9.17, 15) is 36.0 Å². The molecule has 2 N–H and O–H groups in total. The molecule has 3 aromatic rings. The first-order valence-corrected chi connectivity index (χ1v) is 9.99. The quantitative estimate of drug-likeness (QED) is 0.404. The smallest absolute Gasteiger partial charge is 0.341 e. The highest BCUT2D eigenvalue weighted by atomic mass is 19.4. The van der Waals surface area contributed by atoms with Gasteiger partial charge < -0.3 is 15.2 Å². The van der Waals surface area contributed by atoms with Crippen molar-refractivity contribution in [3.63, 3.8) is 0 Å². The van der Waals surface area contributed by atoms with Gasteiger partial charge in [-0.25, -0.2) is 4.98 Å². The summed E-state index contributed by atoms with van der Waals surface area (Å²) < 4.78 is 79.5. The molecule has 180 valence electrons. The zero-order valence-electron chi connectivity index (χ0n) is 17.2. The first-order valence-electron chi connectivity index (χ1n) is 9.99.